The molecule has 0 saturated heterocycles. The lowest BCUT2D eigenvalue weighted by Gasteiger charge is -2.07. The van der Waals surface area contributed by atoms with E-state index in [0.29, 0.717) is 16.8 Å². The molecule has 1 saturated carbocycles. The molecular weight excluding hydrogens is 309 g/mol. The highest BCUT2D eigenvalue weighted by atomic mass is 19.1. The number of nitrogens with two attached hydrogens (primary N) is 1. The number of carbonyl (C=O) groups excluding carboxylic acids is 1. The van der Waals surface area contributed by atoms with E-state index >= 15 is 0 Å². The molecule has 3 aromatic rings. The summed E-state index contributed by atoms with van der Waals surface area (Å²) in [5, 5.41) is 0.754. The van der Waals surface area contributed by atoms with Crippen LogP contribution in [0.5, 0.6) is 0 Å². The number of amides is 1. The Hall–Kier alpha value is -3.09. The maximum Gasteiger partial charge on any atom is 0.282 e. The van der Waals surface area contributed by atoms with Gasteiger partial charge in [-0.2, -0.15) is 4.99 Å². The van der Waals surface area contributed by atoms with Crippen LogP contribution < -0.4 is 5.73 Å². The number of amidine groups is 1. The van der Waals surface area contributed by atoms with Gasteiger partial charge in [0.15, 0.2) is 5.82 Å². The summed E-state index contributed by atoms with van der Waals surface area (Å²) >= 11 is 0. The van der Waals surface area contributed by atoms with E-state index in [1.165, 1.54) is 6.20 Å². The van der Waals surface area contributed by atoms with Crippen LogP contribution in [0.1, 0.15) is 40.2 Å². The Balaban J connectivity index is 1.76. The third-order valence-electron chi connectivity index (χ3n) is 4.12. The van der Waals surface area contributed by atoms with E-state index in [0.717, 1.165) is 24.4 Å². The highest BCUT2D eigenvalue weighted by molar-refractivity contribution is 6.14. The molecule has 4 rings (SSSR count). The summed E-state index contributed by atoms with van der Waals surface area (Å²) in [4.78, 5) is 27.4. The van der Waals surface area contributed by atoms with Gasteiger partial charge in [-0.15, -0.1) is 0 Å². The number of hydrogen-bond acceptors (Lipinski definition) is 3. The van der Waals surface area contributed by atoms with Crippen molar-refractivity contribution >= 4 is 22.8 Å². The van der Waals surface area contributed by atoms with Gasteiger partial charge in [-0.3, -0.25) is 9.78 Å². The average molecular weight is 323 g/mol. The zero-order chi connectivity index (χ0) is 16.7. The number of aromatic nitrogens is 3. The van der Waals surface area contributed by atoms with Crippen molar-refractivity contribution in [3.05, 3.63) is 59.4 Å². The van der Waals surface area contributed by atoms with Crippen LogP contribution in [0, 0.1) is 5.82 Å². The summed E-state index contributed by atoms with van der Waals surface area (Å²) in [6.45, 7) is 0. The first kappa shape index (κ1) is 14.5. The maximum absolute atomic E-state index is 14.1. The summed E-state index contributed by atoms with van der Waals surface area (Å²) in [6.07, 6.45) is 7.73. The summed E-state index contributed by atoms with van der Waals surface area (Å²) in [7, 11) is 0. The van der Waals surface area contributed by atoms with Crippen LogP contribution in [0.25, 0.3) is 11.0 Å². The summed E-state index contributed by atoms with van der Waals surface area (Å²) < 4.78 is 14.1. The van der Waals surface area contributed by atoms with Crippen molar-refractivity contribution < 1.29 is 9.18 Å². The predicted octanol–water partition coefficient (Wildman–Crippen LogP) is 2.52. The molecule has 1 aliphatic carbocycles. The van der Waals surface area contributed by atoms with Gasteiger partial charge in [0.25, 0.3) is 5.91 Å². The van der Waals surface area contributed by atoms with Gasteiger partial charge in [-0.05, 0) is 36.5 Å². The number of pyridine rings is 2. The second-order valence-electron chi connectivity index (χ2n) is 5.76. The van der Waals surface area contributed by atoms with Crippen molar-refractivity contribution in [2.24, 2.45) is 10.7 Å². The highest BCUT2D eigenvalue weighted by Crippen LogP contribution is 2.42. The number of H-pyrrole nitrogens is 1. The number of carbonyl (C=O) groups is 1. The number of rotatable bonds is 3. The third kappa shape index (κ3) is 2.44. The molecule has 0 radical (unpaired) electrons. The first-order valence-corrected chi connectivity index (χ1v) is 7.59. The van der Waals surface area contributed by atoms with E-state index < -0.39 is 11.7 Å². The molecule has 0 aliphatic heterocycles. The average Bonchev–Trinajstić information content (AvgIpc) is 3.30. The Morgan fingerprint density at radius 1 is 1.33 bits per heavy atom. The maximum atomic E-state index is 14.1. The SMILES string of the molecule is NC(=NC(=O)c1c(F)cncc1C1CC1)c1ccnc2[nH]ccc12. The molecule has 120 valence electrons. The lowest BCUT2D eigenvalue weighted by Crippen LogP contribution is -2.17. The van der Waals surface area contributed by atoms with E-state index in [1.807, 2.05) is 0 Å². The number of fused-ring (bicyclic) bond motifs is 1. The molecule has 24 heavy (non-hydrogen) atoms. The number of hydrogen-bond donors (Lipinski definition) is 2. The molecule has 7 heteroatoms. The Morgan fingerprint density at radius 3 is 2.96 bits per heavy atom. The molecule has 0 unspecified atom stereocenters. The molecule has 1 fully saturated rings. The molecule has 1 amide bonds. The summed E-state index contributed by atoms with van der Waals surface area (Å²) in [6, 6.07) is 3.47. The second-order valence-corrected chi connectivity index (χ2v) is 5.76. The van der Waals surface area contributed by atoms with Gasteiger partial charge in [0, 0.05) is 29.5 Å². The monoisotopic (exact) mass is 323 g/mol. The first-order chi connectivity index (χ1) is 11.6. The molecule has 0 bridgehead atoms. The van der Waals surface area contributed by atoms with Crippen LogP contribution in [0.2, 0.25) is 0 Å². The van der Waals surface area contributed by atoms with Crippen molar-refractivity contribution in [2.75, 3.05) is 0 Å². The van der Waals surface area contributed by atoms with Gasteiger partial charge in [-0.1, -0.05) is 0 Å². The number of aliphatic imine (C=N–C) groups is 1. The van der Waals surface area contributed by atoms with Gasteiger partial charge < -0.3 is 10.7 Å². The molecule has 3 N–H and O–H groups in total. The lowest BCUT2D eigenvalue weighted by molar-refractivity contribution is 0.0998. The number of aromatic amines is 1. The molecular formula is C17H14FN5O. The number of halogens is 1. The van der Waals surface area contributed by atoms with Crippen molar-refractivity contribution in [2.45, 2.75) is 18.8 Å². The molecule has 3 aromatic heterocycles. The van der Waals surface area contributed by atoms with Crippen LogP contribution in [-0.4, -0.2) is 26.7 Å². The van der Waals surface area contributed by atoms with Crippen LogP contribution in [0.3, 0.4) is 0 Å². The minimum atomic E-state index is -0.685. The largest absolute Gasteiger partial charge is 0.383 e. The van der Waals surface area contributed by atoms with Gasteiger partial charge in [0.2, 0.25) is 0 Å². The van der Waals surface area contributed by atoms with Crippen molar-refractivity contribution in [3.8, 4) is 0 Å². The van der Waals surface area contributed by atoms with Crippen LogP contribution >= 0.6 is 0 Å². The smallest absolute Gasteiger partial charge is 0.282 e. The van der Waals surface area contributed by atoms with E-state index in [2.05, 4.69) is 19.9 Å². The zero-order valence-corrected chi connectivity index (χ0v) is 12.7. The van der Waals surface area contributed by atoms with Crippen molar-refractivity contribution in [1.29, 1.82) is 0 Å². The quantitative estimate of drug-likeness (QED) is 0.571. The fourth-order valence-corrected chi connectivity index (χ4v) is 2.79. The topological polar surface area (TPSA) is 97.0 Å². The summed E-state index contributed by atoms with van der Waals surface area (Å²) in [5.74, 6) is -1.14. The molecule has 0 aromatic carbocycles. The lowest BCUT2D eigenvalue weighted by atomic mass is 10.1. The Morgan fingerprint density at radius 2 is 2.17 bits per heavy atom. The van der Waals surface area contributed by atoms with Gasteiger partial charge >= 0.3 is 0 Å². The third-order valence-corrected chi connectivity index (χ3v) is 4.12. The molecule has 1 aliphatic rings. The van der Waals surface area contributed by atoms with Gasteiger partial charge in [0.05, 0.1) is 11.8 Å². The molecule has 3 heterocycles. The van der Waals surface area contributed by atoms with E-state index in [1.54, 1.807) is 24.5 Å². The molecule has 0 atom stereocenters. The summed E-state index contributed by atoms with van der Waals surface area (Å²) in [5.41, 5.74) is 7.80. The fourth-order valence-electron chi connectivity index (χ4n) is 2.79. The Bertz CT molecular complexity index is 974. The van der Waals surface area contributed by atoms with Crippen LogP contribution in [0.4, 0.5) is 4.39 Å². The normalized spacial score (nSPS) is 15.0. The fraction of sp³-hybridized carbons (Fsp3) is 0.176. The van der Waals surface area contributed by atoms with Crippen LogP contribution in [0.15, 0.2) is 41.9 Å². The Labute approximate surface area is 136 Å². The number of nitrogens with zero attached hydrogens (tertiary/aromatic N) is 3. The second kappa shape index (κ2) is 5.52. The van der Waals surface area contributed by atoms with Crippen molar-refractivity contribution in [3.63, 3.8) is 0 Å². The first-order valence-electron chi connectivity index (χ1n) is 7.59. The van der Waals surface area contributed by atoms with Crippen molar-refractivity contribution in [1.82, 2.24) is 15.0 Å². The van der Waals surface area contributed by atoms with E-state index in [4.69, 9.17) is 5.73 Å². The zero-order valence-electron chi connectivity index (χ0n) is 12.7. The molecule has 6 nitrogen and oxygen atoms in total. The highest BCUT2D eigenvalue weighted by Gasteiger charge is 2.30. The molecule has 0 spiro atoms. The van der Waals surface area contributed by atoms with Crippen LogP contribution in [-0.2, 0) is 0 Å². The number of nitrogens with one attached hydrogen (secondary N) is 1. The van der Waals surface area contributed by atoms with E-state index in [-0.39, 0.29) is 17.3 Å². The minimum Gasteiger partial charge on any atom is -0.383 e. The minimum absolute atomic E-state index is 0.0324. The standard InChI is InChI=1S/C17H14FN5O/c18-13-8-20-7-12(9-1-2-9)14(13)17(24)23-15(19)10-3-5-21-16-11(10)4-6-22-16/h3-9H,1-2H2,(H,21,22)(H2,19,23,24). The van der Waals surface area contributed by atoms with E-state index in [9.17, 15) is 9.18 Å². The van der Waals surface area contributed by atoms with Gasteiger partial charge in [0.1, 0.15) is 11.5 Å². The Kier molecular flexibility index (Phi) is 3.34. The van der Waals surface area contributed by atoms with Gasteiger partial charge in [-0.25, -0.2) is 9.37 Å². The predicted molar refractivity (Wildman–Crippen MR) is 87.3 cm³/mol.